The minimum Gasteiger partial charge on any atom is -0.478 e. The Morgan fingerprint density at radius 2 is 2.28 bits per heavy atom. The molecule has 0 spiro atoms. The van der Waals surface area contributed by atoms with E-state index in [1.807, 2.05) is 0 Å². The molecule has 2 rings (SSSR count). The van der Waals surface area contributed by atoms with E-state index in [1.165, 1.54) is 16.9 Å². The van der Waals surface area contributed by atoms with Gasteiger partial charge in [0.1, 0.15) is 5.69 Å². The van der Waals surface area contributed by atoms with E-state index in [9.17, 15) is 9.59 Å². The summed E-state index contributed by atoms with van der Waals surface area (Å²) < 4.78 is 1.34. The second kappa shape index (κ2) is 4.58. The smallest absolute Gasteiger partial charge is 0.337 e. The van der Waals surface area contributed by atoms with Crippen molar-refractivity contribution < 1.29 is 14.7 Å². The number of aldehydes is 1. The SMILES string of the molecule is Cc1cn(-c2ncc(C(=O)O)cc2Cl)nc1C=O. The first-order valence-electron chi connectivity index (χ1n) is 4.93. The third-order valence-electron chi connectivity index (χ3n) is 2.33. The first-order valence-corrected chi connectivity index (χ1v) is 5.31. The number of pyridine rings is 1. The topological polar surface area (TPSA) is 85.1 Å². The number of carboxylic acids is 1. The lowest BCUT2D eigenvalue weighted by molar-refractivity contribution is 0.0696. The number of aromatic carboxylic acids is 1. The van der Waals surface area contributed by atoms with Crippen LogP contribution in [0, 0.1) is 6.92 Å². The predicted octanol–water partition coefficient (Wildman–Crippen LogP) is 1.74. The summed E-state index contributed by atoms with van der Waals surface area (Å²) in [5, 5.41) is 12.9. The minimum atomic E-state index is -1.11. The Bertz CT molecular complexity index is 636. The van der Waals surface area contributed by atoms with Gasteiger partial charge in [-0.05, 0) is 18.6 Å². The van der Waals surface area contributed by atoms with Crippen molar-refractivity contribution in [3.05, 3.63) is 40.3 Å². The van der Waals surface area contributed by atoms with Crippen LogP contribution in [0.1, 0.15) is 26.4 Å². The van der Waals surface area contributed by atoms with Gasteiger partial charge in [-0.1, -0.05) is 11.6 Å². The van der Waals surface area contributed by atoms with Gasteiger partial charge in [-0.25, -0.2) is 14.5 Å². The van der Waals surface area contributed by atoms with Crippen LogP contribution < -0.4 is 0 Å². The van der Waals surface area contributed by atoms with Crippen LogP contribution in [0.5, 0.6) is 0 Å². The molecule has 0 saturated carbocycles. The van der Waals surface area contributed by atoms with Crippen LogP contribution in [0.3, 0.4) is 0 Å². The maximum atomic E-state index is 10.7. The van der Waals surface area contributed by atoms with Crippen molar-refractivity contribution >= 4 is 23.9 Å². The van der Waals surface area contributed by atoms with Gasteiger partial charge in [0.05, 0.1) is 10.6 Å². The van der Waals surface area contributed by atoms with Crippen molar-refractivity contribution in [2.24, 2.45) is 0 Å². The van der Waals surface area contributed by atoms with Crippen molar-refractivity contribution in [2.45, 2.75) is 6.92 Å². The number of carbonyl (C=O) groups excluding carboxylic acids is 1. The van der Waals surface area contributed by atoms with E-state index in [2.05, 4.69) is 10.1 Å². The summed E-state index contributed by atoms with van der Waals surface area (Å²) in [4.78, 5) is 25.4. The van der Waals surface area contributed by atoms with Crippen molar-refractivity contribution in [3.63, 3.8) is 0 Å². The normalized spacial score (nSPS) is 10.3. The summed E-state index contributed by atoms with van der Waals surface area (Å²) in [5.41, 5.74) is 0.962. The quantitative estimate of drug-likeness (QED) is 0.855. The first-order chi connectivity index (χ1) is 8.52. The minimum absolute atomic E-state index is 0.0109. The Morgan fingerprint density at radius 3 is 2.78 bits per heavy atom. The van der Waals surface area contributed by atoms with E-state index in [4.69, 9.17) is 16.7 Å². The Labute approximate surface area is 107 Å². The fourth-order valence-corrected chi connectivity index (χ4v) is 1.67. The van der Waals surface area contributed by atoms with Crippen LogP contribution in [0.25, 0.3) is 5.82 Å². The summed E-state index contributed by atoms with van der Waals surface area (Å²) in [6.07, 6.45) is 3.41. The van der Waals surface area contributed by atoms with E-state index in [-0.39, 0.29) is 22.1 Å². The van der Waals surface area contributed by atoms with Gasteiger partial charge in [0, 0.05) is 12.4 Å². The molecule has 0 bridgehead atoms. The zero-order valence-corrected chi connectivity index (χ0v) is 10.0. The monoisotopic (exact) mass is 265 g/mol. The summed E-state index contributed by atoms with van der Waals surface area (Å²) in [6.45, 7) is 1.73. The zero-order chi connectivity index (χ0) is 13.3. The first kappa shape index (κ1) is 12.3. The van der Waals surface area contributed by atoms with Crippen molar-refractivity contribution in [2.75, 3.05) is 0 Å². The molecule has 18 heavy (non-hydrogen) atoms. The lowest BCUT2D eigenvalue weighted by Gasteiger charge is -2.03. The number of carboxylic acid groups (broad SMARTS) is 1. The molecule has 6 nitrogen and oxygen atoms in total. The van der Waals surface area contributed by atoms with E-state index < -0.39 is 5.97 Å². The molecule has 0 atom stereocenters. The van der Waals surface area contributed by atoms with Crippen LogP contribution in [0.4, 0.5) is 0 Å². The van der Waals surface area contributed by atoms with Gasteiger partial charge < -0.3 is 5.11 Å². The average molecular weight is 266 g/mol. The molecule has 0 amide bonds. The van der Waals surface area contributed by atoms with Gasteiger partial charge in [0.25, 0.3) is 0 Å². The van der Waals surface area contributed by atoms with E-state index in [1.54, 1.807) is 13.1 Å². The molecule has 0 radical (unpaired) electrons. The number of hydrogen-bond donors (Lipinski definition) is 1. The predicted molar refractivity (Wildman–Crippen MR) is 63.5 cm³/mol. The zero-order valence-electron chi connectivity index (χ0n) is 9.29. The van der Waals surface area contributed by atoms with Crippen molar-refractivity contribution in [1.29, 1.82) is 0 Å². The molecule has 92 valence electrons. The number of aryl methyl sites for hydroxylation is 1. The molecule has 0 fully saturated rings. The maximum absolute atomic E-state index is 10.7. The van der Waals surface area contributed by atoms with E-state index in [0.717, 1.165) is 0 Å². The molecule has 1 N–H and O–H groups in total. The Morgan fingerprint density at radius 1 is 1.56 bits per heavy atom. The van der Waals surface area contributed by atoms with Crippen LogP contribution in [0.15, 0.2) is 18.5 Å². The molecular weight excluding hydrogens is 258 g/mol. The highest BCUT2D eigenvalue weighted by atomic mass is 35.5. The van der Waals surface area contributed by atoms with Crippen LogP contribution >= 0.6 is 11.6 Å². The molecular formula is C11H8ClN3O3. The second-order valence-electron chi connectivity index (χ2n) is 3.59. The van der Waals surface area contributed by atoms with Gasteiger partial charge in [0.15, 0.2) is 12.1 Å². The van der Waals surface area contributed by atoms with E-state index in [0.29, 0.717) is 11.8 Å². The van der Waals surface area contributed by atoms with Gasteiger partial charge >= 0.3 is 5.97 Å². The molecule has 2 aromatic rings. The summed E-state index contributed by atoms with van der Waals surface area (Å²) in [5.74, 6) is -0.834. The largest absolute Gasteiger partial charge is 0.478 e. The second-order valence-corrected chi connectivity index (χ2v) is 4.00. The average Bonchev–Trinajstić information content (AvgIpc) is 2.70. The lowest BCUT2D eigenvalue weighted by atomic mass is 10.3. The number of rotatable bonds is 3. The number of nitrogens with zero attached hydrogens (tertiary/aromatic N) is 3. The Kier molecular flexibility index (Phi) is 3.12. The Hall–Kier alpha value is -2.21. The number of hydrogen-bond acceptors (Lipinski definition) is 4. The highest BCUT2D eigenvalue weighted by Crippen LogP contribution is 2.19. The fourth-order valence-electron chi connectivity index (χ4n) is 1.41. The standard InChI is InChI=1S/C11H8ClN3O3/c1-6-4-15(14-9(6)5-16)10-8(12)2-7(3-13-10)11(17)18/h2-5H,1H3,(H,17,18). The third-order valence-corrected chi connectivity index (χ3v) is 2.61. The van der Waals surface area contributed by atoms with E-state index >= 15 is 0 Å². The number of aromatic nitrogens is 3. The molecule has 7 heteroatoms. The highest BCUT2D eigenvalue weighted by molar-refractivity contribution is 6.32. The highest BCUT2D eigenvalue weighted by Gasteiger charge is 2.12. The van der Waals surface area contributed by atoms with Gasteiger partial charge in [-0.2, -0.15) is 5.10 Å². The fraction of sp³-hybridized carbons (Fsp3) is 0.0909. The van der Waals surface area contributed by atoms with Crippen molar-refractivity contribution in [1.82, 2.24) is 14.8 Å². The molecule has 0 aliphatic heterocycles. The summed E-state index contributed by atoms with van der Waals surface area (Å²) in [6, 6.07) is 1.28. The van der Waals surface area contributed by atoms with Crippen molar-refractivity contribution in [3.8, 4) is 5.82 Å². The molecule has 0 aromatic carbocycles. The van der Waals surface area contributed by atoms with Crippen LogP contribution in [0.2, 0.25) is 5.02 Å². The molecule has 0 aliphatic rings. The van der Waals surface area contributed by atoms with Gasteiger partial charge in [0.2, 0.25) is 0 Å². The van der Waals surface area contributed by atoms with Gasteiger partial charge in [-0.3, -0.25) is 4.79 Å². The summed E-state index contributed by atoms with van der Waals surface area (Å²) >= 11 is 5.94. The molecule has 0 saturated heterocycles. The Balaban J connectivity index is 2.50. The molecule has 0 unspecified atom stereocenters. The van der Waals surface area contributed by atoms with Gasteiger partial charge in [-0.15, -0.1) is 0 Å². The van der Waals surface area contributed by atoms with Crippen LogP contribution in [-0.2, 0) is 0 Å². The number of carbonyl (C=O) groups is 2. The maximum Gasteiger partial charge on any atom is 0.337 e. The van der Waals surface area contributed by atoms with Crippen LogP contribution in [-0.4, -0.2) is 32.1 Å². The molecule has 2 heterocycles. The lowest BCUT2D eigenvalue weighted by Crippen LogP contribution is -2.03. The molecule has 0 aliphatic carbocycles. The summed E-state index contributed by atoms with van der Waals surface area (Å²) in [7, 11) is 0. The molecule has 2 aromatic heterocycles. The number of halogens is 1. The third kappa shape index (κ3) is 2.10.